The molecule has 1 N–H and O–H groups in total. The summed E-state index contributed by atoms with van der Waals surface area (Å²) < 4.78 is 0. The van der Waals surface area contributed by atoms with Crippen LogP contribution in [0.3, 0.4) is 0 Å². The van der Waals surface area contributed by atoms with E-state index in [1.165, 1.54) is 5.56 Å². The topological polar surface area (TPSA) is 49.0 Å². The van der Waals surface area contributed by atoms with Crippen molar-refractivity contribution >= 4 is 12.1 Å². The van der Waals surface area contributed by atoms with Gasteiger partial charge in [-0.2, -0.15) is 5.10 Å². The van der Waals surface area contributed by atoms with Gasteiger partial charge in [0.15, 0.2) is 0 Å². The van der Waals surface area contributed by atoms with E-state index in [0.717, 1.165) is 29.6 Å². The molecule has 4 nitrogen and oxygen atoms in total. The minimum Gasteiger partial charge on any atom is -0.318 e. The SMILES string of the molecule is CCC(C)c1ccc(-c2cn[nH]c2)cc1N(C)C=O. The van der Waals surface area contributed by atoms with E-state index in [1.54, 1.807) is 18.1 Å². The number of amides is 1. The van der Waals surface area contributed by atoms with Crippen molar-refractivity contribution in [2.75, 3.05) is 11.9 Å². The van der Waals surface area contributed by atoms with Crippen LogP contribution in [0.4, 0.5) is 5.69 Å². The largest absolute Gasteiger partial charge is 0.318 e. The van der Waals surface area contributed by atoms with Gasteiger partial charge in [-0.1, -0.05) is 26.0 Å². The molecular formula is C15H19N3O. The molecule has 0 saturated heterocycles. The molecule has 0 fully saturated rings. The zero-order chi connectivity index (χ0) is 13.8. The molecule has 1 heterocycles. The lowest BCUT2D eigenvalue weighted by atomic mass is 9.94. The number of hydrogen-bond donors (Lipinski definition) is 1. The van der Waals surface area contributed by atoms with Gasteiger partial charge in [0, 0.05) is 24.5 Å². The molecule has 1 aromatic heterocycles. The van der Waals surface area contributed by atoms with Crippen molar-refractivity contribution in [1.29, 1.82) is 0 Å². The van der Waals surface area contributed by atoms with Crippen LogP contribution in [0.25, 0.3) is 11.1 Å². The van der Waals surface area contributed by atoms with E-state index in [-0.39, 0.29) is 0 Å². The maximum absolute atomic E-state index is 11.1. The average molecular weight is 257 g/mol. The summed E-state index contributed by atoms with van der Waals surface area (Å²) in [6, 6.07) is 6.22. The Morgan fingerprint density at radius 2 is 2.21 bits per heavy atom. The molecule has 19 heavy (non-hydrogen) atoms. The van der Waals surface area contributed by atoms with Gasteiger partial charge in [-0.25, -0.2) is 0 Å². The lowest BCUT2D eigenvalue weighted by molar-refractivity contribution is -0.107. The summed E-state index contributed by atoms with van der Waals surface area (Å²) in [6.45, 7) is 4.33. The van der Waals surface area contributed by atoms with E-state index in [4.69, 9.17) is 0 Å². The number of rotatable bonds is 5. The zero-order valence-electron chi connectivity index (χ0n) is 11.6. The molecule has 0 aliphatic carbocycles. The van der Waals surface area contributed by atoms with Crippen molar-refractivity contribution in [2.24, 2.45) is 0 Å². The molecule has 0 saturated carbocycles. The van der Waals surface area contributed by atoms with Crippen LogP contribution in [-0.4, -0.2) is 23.7 Å². The first-order chi connectivity index (χ1) is 9.17. The number of aromatic nitrogens is 2. The van der Waals surface area contributed by atoms with Crippen LogP contribution in [-0.2, 0) is 4.79 Å². The summed E-state index contributed by atoms with van der Waals surface area (Å²) in [6.07, 6.45) is 5.52. The molecule has 0 aliphatic heterocycles. The Bertz CT molecular complexity index is 549. The Morgan fingerprint density at radius 1 is 1.42 bits per heavy atom. The van der Waals surface area contributed by atoms with E-state index in [1.807, 2.05) is 12.3 Å². The molecule has 0 spiro atoms. The normalized spacial score (nSPS) is 12.2. The number of nitrogens with zero attached hydrogens (tertiary/aromatic N) is 2. The average Bonchev–Trinajstić information content (AvgIpc) is 2.99. The first-order valence-corrected chi connectivity index (χ1v) is 6.48. The number of benzene rings is 1. The third-order valence-electron chi connectivity index (χ3n) is 3.54. The molecule has 4 heteroatoms. The highest BCUT2D eigenvalue weighted by Gasteiger charge is 2.13. The predicted molar refractivity (Wildman–Crippen MR) is 77.2 cm³/mol. The standard InChI is InChI=1S/C15H19N3O/c1-4-11(2)14-6-5-12(13-8-16-17-9-13)7-15(14)18(3)10-19/h5-11H,4H2,1-3H3,(H,16,17). The highest BCUT2D eigenvalue weighted by Crippen LogP contribution is 2.32. The van der Waals surface area contributed by atoms with Gasteiger partial charge in [0.25, 0.3) is 0 Å². The number of carbonyl (C=O) groups is 1. The van der Waals surface area contributed by atoms with Crippen LogP contribution in [0, 0.1) is 0 Å². The van der Waals surface area contributed by atoms with Crippen molar-refractivity contribution < 1.29 is 4.79 Å². The van der Waals surface area contributed by atoms with Gasteiger partial charge < -0.3 is 4.90 Å². The van der Waals surface area contributed by atoms with E-state index in [2.05, 4.69) is 36.2 Å². The predicted octanol–water partition coefficient (Wildman–Crippen LogP) is 3.18. The zero-order valence-corrected chi connectivity index (χ0v) is 11.6. The van der Waals surface area contributed by atoms with Crippen LogP contribution in [0.1, 0.15) is 31.7 Å². The van der Waals surface area contributed by atoms with Crippen molar-refractivity contribution in [1.82, 2.24) is 10.2 Å². The molecule has 1 amide bonds. The van der Waals surface area contributed by atoms with Crippen molar-refractivity contribution in [2.45, 2.75) is 26.2 Å². The Morgan fingerprint density at radius 3 is 2.79 bits per heavy atom. The minimum atomic E-state index is 0.427. The van der Waals surface area contributed by atoms with Crippen molar-refractivity contribution in [3.05, 3.63) is 36.2 Å². The van der Waals surface area contributed by atoms with Gasteiger partial charge in [0.05, 0.1) is 6.20 Å². The Hall–Kier alpha value is -2.10. The van der Waals surface area contributed by atoms with Gasteiger partial charge in [-0.15, -0.1) is 0 Å². The third kappa shape index (κ3) is 2.67. The highest BCUT2D eigenvalue weighted by molar-refractivity contribution is 5.80. The second-order valence-corrected chi connectivity index (χ2v) is 4.79. The van der Waals surface area contributed by atoms with E-state index >= 15 is 0 Å². The van der Waals surface area contributed by atoms with Gasteiger partial charge in [-0.3, -0.25) is 9.89 Å². The van der Waals surface area contributed by atoms with Gasteiger partial charge >= 0.3 is 0 Å². The molecule has 2 rings (SSSR count). The molecular weight excluding hydrogens is 238 g/mol. The number of nitrogens with one attached hydrogen (secondary N) is 1. The van der Waals surface area contributed by atoms with Gasteiger partial charge in [0.2, 0.25) is 6.41 Å². The van der Waals surface area contributed by atoms with E-state index in [9.17, 15) is 4.79 Å². The lowest BCUT2D eigenvalue weighted by Gasteiger charge is -2.20. The number of carbonyl (C=O) groups excluding carboxylic acids is 1. The lowest BCUT2D eigenvalue weighted by Crippen LogP contribution is -2.16. The molecule has 100 valence electrons. The maximum Gasteiger partial charge on any atom is 0.213 e. The summed E-state index contributed by atoms with van der Waals surface area (Å²) in [4.78, 5) is 12.7. The fourth-order valence-corrected chi connectivity index (χ4v) is 2.13. The molecule has 0 bridgehead atoms. The molecule has 0 radical (unpaired) electrons. The van der Waals surface area contributed by atoms with Gasteiger partial charge in [-0.05, 0) is 29.5 Å². The van der Waals surface area contributed by atoms with E-state index in [0.29, 0.717) is 5.92 Å². The molecule has 1 aromatic carbocycles. The summed E-state index contributed by atoms with van der Waals surface area (Å²) in [5, 5.41) is 6.77. The van der Waals surface area contributed by atoms with Crippen LogP contribution in [0.2, 0.25) is 0 Å². The number of hydrogen-bond acceptors (Lipinski definition) is 2. The van der Waals surface area contributed by atoms with Crippen LogP contribution < -0.4 is 4.90 Å². The second-order valence-electron chi connectivity index (χ2n) is 4.79. The monoisotopic (exact) mass is 257 g/mol. The summed E-state index contributed by atoms with van der Waals surface area (Å²) in [5.41, 5.74) is 4.24. The number of anilines is 1. The molecule has 1 atom stereocenters. The first-order valence-electron chi connectivity index (χ1n) is 6.48. The molecule has 1 unspecified atom stereocenters. The third-order valence-corrected chi connectivity index (χ3v) is 3.54. The van der Waals surface area contributed by atoms with E-state index < -0.39 is 0 Å². The van der Waals surface area contributed by atoms with Crippen molar-refractivity contribution in [3.8, 4) is 11.1 Å². The fourth-order valence-electron chi connectivity index (χ4n) is 2.13. The summed E-state index contributed by atoms with van der Waals surface area (Å²) in [7, 11) is 1.79. The number of aromatic amines is 1. The fraction of sp³-hybridized carbons (Fsp3) is 0.333. The minimum absolute atomic E-state index is 0.427. The quantitative estimate of drug-likeness (QED) is 0.836. The van der Waals surface area contributed by atoms with Crippen molar-refractivity contribution in [3.63, 3.8) is 0 Å². The highest BCUT2D eigenvalue weighted by atomic mass is 16.1. The van der Waals surface area contributed by atoms with Crippen LogP contribution in [0.5, 0.6) is 0 Å². The van der Waals surface area contributed by atoms with Crippen LogP contribution >= 0.6 is 0 Å². The smallest absolute Gasteiger partial charge is 0.213 e. The Kier molecular flexibility index (Phi) is 4.00. The van der Waals surface area contributed by atoms with Gasteiger partial charge in [0.1, 0.15) is 0 Å². The molecule has 0 aliphatic rings. The second kappa shape index (κ2) is 5.69. The Labute approximate surface area is 113 Å². The summed E-state index contributed by atoms with van der Waals surface area (Å²) in [5.74, 6) is 0.427. The Balaban J connectivity index is 2.50. The maximum atomic E-state index is 11.1. The van der Waals surface area contributed by atoms with Crippen LogP contribution in [0.15, 0.2) is 30.6 Å². The number of H-pyrrole nitrogens is 1. The molecule has 2 aromatic rings. The summed E-state index contributed by atoms with van der Waals surface area (Å²) >= 11 is 0. The first kappa shape index (κ1) is 13.3.